The Labute approximate surface area is 114 Å². The Kier molecular flexibility index (Phi) is 2.89. The molecule has 1 aliphatic carbocycles. The van der Waals surface area contributed by atoms with Gasteiger partial charge in [0.2, 0.25) is 0 Å². The van der Waals surface area contributed by atoms with Crippen LogP contribution in [0.5, 0.6) is 0 Å². The first-order chi connectivity index (χ1) is 9.08. The number of hydrogen-bond donors (Lipinski definition) is 2. The van der Waals surface area contributed by atoms with Crippen LogP contribution in [0.1, 0.15) is 23.3 Å². The van der Waals surface area contributed by atoms with Gasteiger partial charge in [-0.1, -0.05) is 0 Å². The largest absolute Gasteiger partial charge is 0.480 e. The van der Waals surface area contributed by atoms with Gasteiger partial charge in [-0.05, 0) is 38.2 Å². The molecule has 0 amide bonds. The van der Waals surface area contributed by atoms with Gasteiger partial charge in [0.05, 0.1) is 5.39 Å². The zero-order chi connectivity index (χ0) is 13.6. The summed E-state index contributed by atoms with van der Waals surface area (Å²) in [4.78, 5) is 21.9. The average Bonchev–Trinajstić information content (AvgIpc) is 3.14. The Hall–Kier alpha value is -1.69. The molecule has 1 aliphatic rings. The Bertz CT molecular complexity index is 649. The number of nitrogens with zero attached hydrogens (tertiary/aromatic N) is 2. The predicted octanol–water partition coefficient (Wildman–Crippen LogP) is 2.58. The quantitative estimate of drug-likeness (QED) is 0.898. The molecule has 6 heteroatoms. The van der Waals surface area contributed by atoms with Crippen molar-refractivity contribution in [2.24, 2.45) is 5.92 Å². The molecule has 1 atom stereocenters. The molecule has 2 heterocycles. The molecular formula is C13H15N3O2S. The Morgan fingerprint density at radius 1 is 1.47 bits per heavy atom. The maximum absolute atomic E-state index is 11.3. The van der Waals surface area contributed by atoms with Crippen molar-refractivity contribution >= 4 is 33.3 Å². The maximum atomic E-state index is 11.3. The number of fused-ring (bicyclic) bond motifs is 1. The van der Waals surface area contributed by atoms with Crippen LogP contribution in [0.15, 0.2) is 6.33 Å². The minimum Gasteiger partial charge on any atom is -0.480 e. The van der Waals surface area contributed by atoms with Crippen molar-refractivity contribution in [3.8, 4) is 0 Å². The van der Waals surface area contributed by atoms with Crippen LogP contribution >= 0.6 is 11.3 Å². The van der Waals surface area contributed by atoms with Crippen molar-refractivity contribution in [2.75, 3.05) is 5.32 Å². The lowest BCUT2D eigenvalue weighted by atomic mass is 10.1. The molecule has 0 spiro atoms. The Morgan fingerprint density at radius 3 is 2.84 bits per heavy atom. The van der Waals surface area contributed by atoms with Crippen LogP contribution in [0, 0.1) is 19.8 Å². The fraction of sp³-hybridized carbons (Fsp3) is 0.462. The highest BCUT2D eigenvalue weighted by molar-refractivity contribution is 7.18. The lowest BCUT2D eigenvalue weighted by Crippen LogP contribution is -2.31. The summed E-state index contributed by atoms with van der Waals surface area (Å²) in [6, 6.07) is -0.544. The topological polar surface area (TPSA) is 75.1 Å². The van der Waals surface area contributed by atoms with Crippen LogP contribution in [0.25, 0.3) is 10.2 Å². The minimum atomic E-state index is -0.807. The van der Waals surface area contributed by atoms with Gasteiger partial charge in [0, 0.05) is 4.88 Å². The number of aryl methyl sites for hydroxylation is 2. The standard InChI is InChI=1S/C13H15N3O2S/c1-6-7(2)19-12-9(6)11(14-5-15-12)16-10(13(17)18)8-3-4-8/h5,8,10H,3-4H2,1-2H3,(H,17,18)(H,14,15,16). The van der Waals surface area contributed by atoms with E-state index in [4.69, 9.17) is 0 Å². The molecule has 5 nitrogen and oxygen atoms in total. The summed E-state index contributed by atoms with van der Waals surface area (Å²) in [5.41, 5.74) is 1.13. The van der Waals surface area contributed by atoms with Gasteiger partial charge < -0.3 is 10.4 Å². The SMILES string of the molecule is Cc1sc2ncnc(NC(C(=O)O)C3CC3)c2c1C. The van der Waals surface area contributed by atoms with E-state index in [0.717, 1.165) is 28.6 Å². The lowest BCUT2D eigenvalue weighted by molar-refractivity contribution is -0.138. The molecule has 1 saturated carbocycles. The van der Waals surface area contributed by atoms with E-state index in [2.05, 4.69) is 15.3 Å². The van der Waals surface area contributed by atoms with Crippen molar-refractivity contribution in [1.29, 1.82) is 0 Å². The van der Waals surface area contributed by atoms with Crippen molar-refractivity contribution in [1.82, 2.24) is 9.97 Å². The number of carbonyl (C=O) groups is 1. The zero-order valence-corrected chi connectivity index (χ0v) is 11.6. The number of anilines is 1. The highest BCUT2D eigenvalue weighted by Crippen LogP contribution is 2.37. The van der Waals surface area contributed by atoms with Gasteiger partial charge in [-0.3, -0.25) is 0 Å². The number of aliphatic carboxylic acids is 1. The third kappa shape index (κ3) is 2.16. The lowest BCUT2D eigenvalue weighted by Gasteiger charge is -2.14. The second-order valence-corrected chi connectivity index (χ2v) is 6.19. The number of carboxylic acid groups (broad SMARTS) is 1. The van der Waals surface area contributed by atoms with Crippen LogP contribution < -0.4 is 5.32 Å². The number of thiophene rings is 1. The van der Waals surface area contributed by atoms with Crippen LogP contribution in [0.2, 0.25) is 0 Å². The summed E-state index contributed by atoms with van der Waals surface area (Å²) in [6.45, 7) is 4.07. The summed E-state index contributed by atoms with van der Waals surface area (Å²) in [6.07, 6.45) is 3.44. The second kappa shape index (κ2) is 4.45. The molecule has 19 heavy (non-hydrogen) atoms. The van der Waals surface area contributed by atoms with Gasteiger partial charge >= 0.3 is 5.97 Å². The first kappa shape index (κ1) is 12.3. The third-order valence-corrected chi connectivity index (χ3v) is 4.73. The van der Waals surface area contributed by atoms with Crippen LogP contribution in [-0.4, -0.2) is 27.1 Å². The van der Waals surface area contributed by atoms with Crippen LogP contribution in [-0.2, 0) is 4.79 Å². The molecule has 0 aromatic carbocycles. The molecular weight excluding hydrogens is 262 g/mol. The molecule has 2 aromatic heterocycles. The number of carboxylic acids is 1. The Morgan fingerprint density at radius 2 is 2.21 bits per heavy atom. The number of hydrogen-bond acceptors (Lipinski definition) is 5. The van der Waals surface area contributed by atoms with Crippen molar-refractivity contribution in [3.63, 3.8) is 0 Å². The fourth-order valence-electron chi connectivity index (χ4n) is 2.25. The molecule has 100 valence electrons. The van der Waals surface area contributed by atoms with Gasteiger partial charge in [0.15, 0.2) is 0 Å². The molecule has 2 aromatic rings. The maximum Gasteiger partial charge on any atom is 0.326 e. The van der Waals surface area contributed by atoms with E-state index >= 15 is 0 Å². The van der Waals surface area contributed by atoms with Crippen LogP contribution in [0.4, 0.5) is 5.82 Å². The highest BCUT2D eigenvalue weighted by Gasteiger charge is 2.36. The summed E-state index contributed by atoms with van der Waals surface area (Å²) in [5, 5.41) is 13.3. The minimum absolute atomic E-state index is 0.225. The van der Waals surface area contributed by atoms with E-state index < -0.39 is 12.0 Å². The normalized spacial score (nSPS) is 16.5. The monoisotopic (exact) mass is 277 g/mol. The number of rotatable bonds is 4. The molecule has 0 bridgehead atoms. The van der Waals surface area contributed by atoms with E-state index in [9.17, 15) is 9.90 Å². The van der Waals surface area contributed by atoms with Gasteiger partial charge in [0.25, 0.3) is 0 Å². The van der Waals surface area contributed by atoms with Crippen molar-refractivity contribution in [2.45, 2.75) is 32.7 Å². The second-order valence-electron chi connectivity index (χ2n) is 4.98. The molecule has 1 fully saturated rings. The van der Waals surface area contributed by atoms with E-state index in [-0.39, 0.29) is 5.92 Å². The molecule has 1 unspecified atom stereocenters. The molecule has 0 aliphatic heterocycles. The van der Waals surface area contributed by atoms with Crippen molar-refractivity contribution < 1.29 is 9.90 Å². The van der Waals surface area contributed by atoms with Gasteiger partial charge in [-0.25, -0.2) is 14.8 Å². The zero-order valence-electron chi connectivity index (χ0n) is 10.8. The van der Waals surface area contributed by atoms with Gasteiger partial charge in [-0.15, -0.1) is 11.3 Å². The first-order valence-corrected chi connectivity index (χ1v) is 7.09. The average molecular weight is 277 g/mol. The number of nitrogens with one attached hydrogen (secondary N) is 1. The van der Waals surface area contributed by atoms with Gasteiger partial charge in [-0.2, -0.15) is 0 Å². The molecule has 2 N–H and O–H groups in total. The van der Waals surface area contributed by atoms with E-state index in [1.165, 1.54) is 11.2 Å². The van der Waals surface area contributed by atoms with E-state index in [0.29, 0.717) is 5.82 Å². The van der Waals surface area contributed by atoms with Gasteiger partial charge in [0.1, 0.15) is 23.0 Å². The molecule has 0 radical (unpaired) electrons. The molecule has 0 saturated heterocycles. The smallest absolute Gasteiger partial charge is 0.326 e. The van der Waals surface area contributed by atoms with Crippen molar-refractivity contribution in [3.05, 3.63) is 16.8 Å². The summed E-state index contributed by atoms with van der Waals surface area (Å²) < 4.78 is 0. The summed E-state index contributed by atoms with van der Waals surface area (Å²) in [5.74, 6) is 0.0626. The van der Waals surface area contributed by atoms with E-state index in [1.807, 2.05) is 13.8 Å². The molecule has 3 rings (SSSR count). The fourth-order valence-corrected chi connectivity index (χ4v) is 3.25. The Balaban J connectivity index is 2.02. The highest BCUT2D eigenvalue weighted by atomic mass is 32.1. The van der Waals surface area contributed by atoms with Crippen LogP contribution in [0.3, 0.4) is 0 Å². The summed E-state index contributed by atoms with van der Waals surface area (Å²) >= 11 is 1.61. The first-order valence-electron chi connectivity index (χ1n) is 6.28. The van der Waals surface area contributed by atoms with E-state index in [1.54, 1.807) is 11.3 Å². The predicted molar refractivity (Wildman–Crippen MR) is 74.7 cm³/mol. The summed E-state index contributed by atoms with van der Waals surface area (Å²) in [7, 11) is 0. The number of aromatic nitrogens is 2. The third-order valence-electron chi connectivity index (χ3n) is 3.62.